The fourth-order valence-electron chi connectivity index (χ4n) is 6.22. The lowest BCUT2D eigenvalue weighted by Crippen LogP contribution is -2.59. The Morgan fingerprint density at radius 3 is 2.42 bits per heavy atom. The van der Waals surface area contributed by atoms with Gasteiger partial charge in [-0.1, -0.05) is 12.1 Å². The summed E-state index contributed by atoms with van der Waals surface area (Å²) in [5, 5.41) is 5.45. The normalized spacial score (nSPS) is 28.8. The molecule has 0 aliphatic heterocycles. The number of halogens is 1. The van der Waals surface area contributed by atoms with Gasteiger partial charge in [0.05, 0.1) is 11.4 Å². The molecule has 1 heterocycles. The van der Waals surface area contributed by atoms with Crippen molar-refractivity contribution in [1.82, 2.24) is 10.3 Å². The Hall–Kier alpha value is -2.54. The number of carbonyl (C=O) groups is 2. The SMILES string of the molecule is CC(=O)N(c1nc(/C=C/C(=O)NC23CC4CC(CC(C4)C2)C3)cs1)c1ccccc1F. The molecule has 162 valence electrons. The fourth-order valence-corrected chi connectivity index (χ4v) is 7.07. The molecule has 4 bridgehead atoms. The number of nitrogens with one attached hydrogen (secondary N) is 1. The quantitative estimate of drug-likeness (QED) is 0.662. The van der Waals surface area contributed by atoms with Crippen molar-refractivity contribution in [2.45, 2.75) is 51.0 Å². The van der Waals surface area contributed by atoms with Crippen molar-refractivity contribution in [3.05, 3.63) is 47.2 Å². The Bertz CT molecular complexity index is 1010. The molecular formula is C24H26FN3O2S. The maximum Gasteiger partial charge on any atom is 0.244 e. The molecule has 4 aliphatic rings. The first kappa shape index (κ1) is 20.4. The smallest absolute Gasteiger partial charge is 0.244 e. The van der Waals surface area contributed by atoms with Crippen LogP contribution < -0.4 is 10.2 Å². The molecule has 4 saturated carbocycles. The summed E-state index contributed by atoms with van der Waals surface area (Å²) in [6, 6.07) is 6.12. The Kier molecular flexibility index (Phi) is 5.16. The molecule has 7 heteroatoms. The molecule has 2 aromatic rings. The van der Waals surface area contributed by atoms with Crippen molar-refractivity contribution in [3.8, 4) is 0 Å². The Morgan fingerprint density at radius 1 is 1.16 bits per heavy atom. The van der Waals surface area contributed by atoms with Crippen molar-refractivity contribution < 1.29 is 14.0 Å². The van der Waals surface area contributed by atoms with Gasteiger partial charge in [-0.2, -0.15) is 0 Å². The van der Waals surface area contributed by atoms with Gasteiger partial charge in [0.1, 0.15) is 5.82 Å². The van der Waals surface area contributed by atoms with Crippen LogP contribution in [0.3, 0.4) is 0 Å². The number of hydrogen-bond acceptors (Lipinski definition) is 4. The molecule has 4 aliphatic carbocycles. The summed E-state index contributed by atoms with van der Waals surface area (Å²) in [6.07, 6.45) is 10.5. The Labute approximate surface area is 185 Å². The zero-order valence-corrected chi connectivity index (χ0v) is 18.3. The summed E-state index contributed by atoms with van der Waals surface area (Å²) in [5.74, 6) is 1.41. The number of rotatable bonds is 5. The number of hydrogen-bond donors (Lipinski definition) is 1. The van der Waals surface area contributed by atoms with Crippen molar-refractivity contribution >= 4 is 40.0 Å². The molecule has 1 aromatic heterocycles. The number of aromatic nitrogens is 1. The van der Waals surface area contributed by atoms with E-state index < -0.39 is 5.82 Å². The first-order valence-electron chi connectivity index (χ1n) is 10.9. The van der Waals surface area contributed by atoms with E-state index in [1.165, 1.54) is 54.6 Å². The lowest BCUT2D eigenvalue weighted by Gasteiger charge is -2.56. The number of para-hydroxylation sites is 1. The lowest BCUT2D eigenvalue weighted by atomic mass is 9.53. The maximum absolute atomic E-state index is 14.2. The minimum atomic E-state index is -0.486. The molecule has 0 atom stereocenters. The van der Waals surface area contributed by atoms with E-state index in [1.807, 2.05) is 0 Å². The Morgan fingerprint density at radius 2 is 1.81 bits per heavy atom. The zero-order chi connectivity index (χ0) is 21.6. The van der Waals surface area contributed by atoms with Gasteiger partial charge >= 0.3 is 0 Å². The maximum atomic E-state index is 14.2. The molecule has 0 saturated heterocycles. The third-order valence-corrected chi connectivity index (χ3v) is 7.79. The summed E-state index contributed by atoms with van der Waals surface area (Å²) in [6.45, 7) is 1.38. The van der Waals surface area contributed by atoms with Gasteiger partial charge in [-0.15, -0.1) is 11.3 Å². The lowest BCUT2D eigenvalue weighted by molar-refractivity contribution is -0.122. The highest BCUT2D eigenvalue weighted by Crippen LogP contribution is 2.55. The number of nitrogens with zero attached hydrogens (tertiary/aromatic N) is 2. The van der Waals surface area contributed by atoms with Crippen LogP contribution in [0.1, 0.15) is 51.1 Å². The van der Waals surface area contributed by atoms with Gasteiger partial charge in [0.15, 0.2) is 5.13 Å². The summed E-state index contributed by atoms with van der Waals surface area (Å²) >= 11 is 1.24. The Balaban J connectivity index is 1.28. The third kappa shape index (κ3) is 4.03. The van der Waals surface area contributed by atoms with Crippen molar-refractivity contribution in [2.24, 2.45) is 17.8 Å². The summed E-state index contributed by atoms with van der Waals surface area (Å²) < 4.78 is 14.2. The monoisotopic (exact) mass is 439 g/mol. The van der Waals surface area contributed by atoms with Crippen LogP contribution in [0, 0.1) is 23.6 Å². The zero-order valence-electron chi connectivity index (χ0n) is 17.5. The number of amides is 2. The molecule has 1 N–H and O–H groups in total. The molecule has 5 nitrogen and oxygen atoms in total. The van der Waals surface area contributed by atoms with E-state index in [-0.39, 0.29) is 23.0 Å². The van der Waals surface area contributed by atoms with Crippen LogP contribution in [-0.2, 0) is 9.59 Å². The first-order chi connectivity index (χ1) is 14.9. The van der Waals surface area contributed by atoms with E-state index in [2.05, 4.69) is 10.3 Å². The highest BCUT2D eigenvalue weighted by molar-refractivity contribution is 7.14. The van der Waals surface area contributed by atoms with Gasteiger partial charge in [0, 0.05) is 23.9 Å². The fraction of sp³-hybridized carbons (Fsp3) is 0.458. The van der Waals surface area contributed by atoms with Gasteiger partial charge in [0.2, 0.25) is 11.8 Å². The number of anilines is 2. The van der Waals surface area contributed by atoms with E-state index in [9.17, 15) is 14.0 Å². The standard InChI is InChI=1S/C24H26FN3O2S/c1-15(29)28(21-5-3-2-4-20(21)25)23-26-19(14-31-23)6-7-22(30)27-24-11-16-8-17(12-24)10-18(9-16)13-24/h2-7,14,16-18H,8-13H2,1H3,(H,27,30)/b7-6+. The summed E-state index contributed by atoms with van der Waals surface area (Å²) in [5.41, 5.74) is 0.711. The molecule has 31 heavy (non-hydrogen) atoms. The third-order valence-electron chi connectivity index (χ3n) is 6.94. The molecular weight excluding hydrogens is 413 g/mol. The average molecular weight is 440 g/mol. The van der Waals surface area contributed by atoms with Crippen LogP contribution in [0.4, 0.5) is 15.2 Å². The van der Waals surface area contributed by atoms with E-state index in [0.29, 0.717) is 10.8 Å². The predicted octanol–water partition coefficient (Wildman–Crippen LogP) is 5.07. The minimum Gasteiger partial charge on any atom is -0.347 e. The second kappa shape index (κ2) is 7.86. The molecule has 0 spiro atoms. The van der Waals surface area contributed by atoms with Gasteiger partial charge in [-0.05, 0) is 74.5 Å². The van der Waals surface area contributed by atoms with E-state index in [1.54, 1.807) is 29.7 Å². The van der Waals surface area contributed by atoms with Crippen LogP contribution in [-0.4, -0.2) is 22.3 Å². The number of carbonyl (C=O) groups excluding carboxylic acids is 2. The van der Waals surface area contributed by atoms with Gasteiger partial charge in [-0.3, -0.25) is 14.5 Å². The molecule has 0 unspecified atom stereocenters. The first-order valence-corrected chi connectivity index (χ1v) is 11.8. The largest absolute Gasteiger partial charge is 0.347 e. The van der Waals surface area contributed by atoms with Gasteiger partial charge < -0.3 is 5.32 Å². The average Bonchev–Trinajstić information content (AvgIpc) is 3.15. The summed E-state index contributed by atoms with van der Waals surface area (Å²) in [4.78, 5) is 30.5. The van der Waals surface area contributed by atoms with Crippen LogP contribution in [0.5, 0.6) is 0 Å². The van der Waals surface area contributed by atoms with Crippen LogP contribution in [0.25, 0.3) is 6.08 Å². The van der Waals surface area contributed by atoms with Crippen molar-refractivity contribution in [2.75, 3.05) is 4.90 Å². The molecule has 1 aromatic carbocycles. The predicted molar refractivity (Wildman–Crippen MR) is 119 cm³/mol. The second-order valence-corrected chi connectivity index (χ2v) is 10.2. The molecule has 0 radical (unpaired) electrons. The van der Waals surface area contributed by atoms with E-state index >= 15 is 0 Å². The van der Waals surface area contributed by atoms with Crippen LogP contribution in [0.2, 0.25) is 0 Å². The van der Waals surface area contributed by atoms with E-state index in [4.69, 9.17) is 0 Å². The molecule has 4 fully saturated rings. The van der Waals surface area contributed by atoms with E-state index in [0.717, 1.165) is 37.0 Å². The van der Waals surface area contributed by atoms with Gasteiger partial charge in [-0.25, -0.2) is 9.37 Å². The number of thiazole rings is 1. The molecule has 6 rings (SSSR count). The van der Waals surface area contributed by atoms with Crippen LogP contribution >= 0.6 is 11.3 Å². The topological polar surface area (TPSA) is 62.3 Å². The van der Waals surface area contributed by atoms with Gasteiger partial charge in [0.25, 0.3) is 0 Å². The highest BCUT2D eigenvalue weighted by Gasteiger charge is 2.51. The minimum absolute atomic E-state index is 0.0281. The number of benzene rings is 1. The second-order valence-electron chi connectivity index (χ2n) is 9.38. The van der Waals surface area contributed by atoms with Crippen molar-refractivity contribution in [1.29, 1.82) is 0 Å². The summed E-state index contributed by atoms with van der Waals surface area (Å²) in [7, 11) is 0. The highest BCUT2D eigenvalue weighted by atomic mass is 32.1. The molecule has 2 amide bonds. The van der Waals surface area contributed by atoms with Crippen LogP contribution in [0.15, 0.2) is 35.7 Å². The van der Waals surface area contributed by atoms with Crippen molar-refractivity contribution in [3.63, 3.8) is 0 Å².